The number of aliphatic hydroxyl groups excluding tert-OH is 5. The fourth-order valence-corrected chi connectivity index (χ4v) is 9.07. The number of benzene rings is 3. The highest BCUT2D eigenvalue weighted by atomic mass is 31.2. The average Bonchev–Trinajstić information content (AvgIpc) is 3.03. The molecular weight excluding hydrogens is 563 g/mol. The largest absolute Gasteiger partial charge is 0.394 e. The molecule has 2 aliphatic heterocycles. The molecule has 0 saturated carbocycles. The van der Waals surface area contributed by atoms with E-state index in [1.807, 2.05) is 42.5 Å². The van der Waals surface area contributed by atoms with Gasteiger partial charge in [-0.25, -0.2) is 0 Å². The molecule has 0 amide bonds. The first-order chi connectivity index (χ1) is 20.3. The quantitative estimate of drug-likeness (QED) is 0.212. The third-order valence-electron chi connectivity index (χ3n) is 7.80. The van der Waals surface area contributed by atoms with Crippen LogP contribution in [0.1, 0.15) is 12.0 Å². The maximum atomic E-state index is 15.4. The van der Waals surface area contributed by atoms with Gasteiger partial charge in [-0.05, 0) is 5.56 Å². The zero-order valence-electron chi connectivity index (χ0n) is 22.9. The molecule has 2 fully saturated rings. The standard InChI is InChI=1S/C31H37O10P/c32-17-23-27(34)28(35)29(36)31(40-23)41-30-24(19-38-18-20-10-4-1-5-11-20)39-26(33)16-25(30)42(37,21-12-6-2-7-13-21)22-14-8-3-9-15-22/h1-15,23-36H,16-19H2/t23-,24-,25+,26?,27+,28+,29-,30-,31+/m1/s1. The lowest BCUT2D eigenvalue weighted by Gasteiger charge is -2.47. The highest BCUT2D eigenvalue weighted by Gasteiger charge is 2.53. The predicted molar refractivity (Wildman–Crippen MR) is 154 cm³/mol. The first-order valence-electron chi connectivity index (χ1n) is 13.9. The van der Waals surface area contributed by atoms with Gasteiger partial charge in [0.05, 0.1) is 31.6 Å². The Morgan fingerprint density at radius 1 is 0.738 bits per heavy atom. The second-order valence-corrected chi connectivity index (χ2v) is 13.6. The predicted octanol–water partition coefficient (Wildman–Crippen LogP) is 0.878. The molecule has 2 saturated heterocycles. The van der Waals surface area contributed by atoms with Gasteiger partial charge in [0, 0.05) is 17.0 Å². The van der Waals surface area contributed by atoms with Crippen LogP contribution >= 0.6 is 7.14 Å². The molecule has 5 rings (SSSR count). The number of rotatable bonds is 10. The van der Waals surface area contributed by atoms with E-state index in [-0.39, 0.29) is 19.6 Å². The van der Waals surface area contributed by atoms with Gasteiger partial charge >= 0.3 is 0 Å². The molecule has 0 radical (unpaired) electrons. The number of ether oxygens (including phenoxy) is 4. The molecule has 0 aromatic heterocycles. The van der Waals surface area contributed by atoms with Crippen LogP contribution < -0.4 is 10.6 Å². The minimum atomic E-state index is -3.58. The van der Waals surface area contributed by atoms with Gasteiger partial charge < -0.3 is 49.0 Å². The SMILES string of the molecule is O=P(c1ccccc1)(c1ccccc1)[C@H]1CC(O)O[C@H](COCc2ccccc2)[C@H]1O[C@@H]1O[C@H](CO)[C@H](O)[C@H](O)[C@H]1O. The monoisotopic (exact) mass is 600 g/mol. The van der Waals surface area contributed by atoms with E-state index >= 15 is 4.57 Å². The Morgan fingerprint density at radius 2 is 1.31 bits per heavy atom. The second kappa shape index (κ2) is 13.9. The summed E-state index contributed by atoms with van der Waals surface area (Å²) in [6, 6.07) is 27.3. The lowest BCUT2D eigenvalue weighted by molar-refractivity contribution is -0.330. The molecule has 3 aromatic rings. The summed E-state index contributed by atoms with van der Waals surface area (Å²) in [7, 11) is -3.58. The van der Waals surface area contributed by atoms with Crippen molar-refractivity contribution in [3.05, 3.63) is 96.6 Å². The molecule has 2 aliphatic rings. The number of aliphatic hydroxyl groups is 5. The first kappa shape index (κ1) is 31.0. The highest BCUT2D eigenvalue weighted by Crippen LogP contribution is 2.54. The van der Waals surface area contributed by atoms with Gasteiger partial charge in [-0.15, -0.1) is 0 Å². The second-order valence-electron chi connectivity index (χ2n) is 10.6. The molecule has 10 nitrogen and oxygen atoms in total. The van der Waals surface area contributed by atoms with E-state index in [9.17, 15) is 25.5 Å². The van der Waals surface area contributed by atoms with Gasteiger partial charge in [0.2, 0.25) is 0 Å². The van der Waals surface area contributed by atoms with Crippen molar-refractivity contribution in [3.8, 4) is 0 Å². The van der Waals surface area contributed by atoms with Crippen LogP contribution in [0.5, 0.6) is 0 Å². The minimum absolute atomic E-state index is 0.0614. The third-order valence-corrected chi connectivity index (χ3v) is 11.4. The Kier molecular flexibility index (Phi) is 10.2. The normalized spacial score (nSPS) is 32.0. The molecular formula is C31H37O10P. The summed E-state index contributed by atoms with van der Waals surface area (Å²) in [5, 5.41) is 53.3. The fraction of sp³-hybridized carbons (Fsp3) is 0.419. The summed E-state index contributed by atoms with van der Waals surface area (Å²) in [6.45, 7) is -0.457. The smallest absolute Gasteiger partial charge is 0.187 e. The Morgan fingerprint density at radius 3 is 1.88 bits per heavy atom. The van der Waals surface area contributed by atoms with E-state index in [2.05, 4.69) is 0 Å². The van der Waals surface area contributed by atoms with Gasteiger partial charge in [0.1, 0.15) is 37.7 Å². The van der Waals surface area contributed by atoms with Gasteiger partial charge in [-0.1, -0.05) is 91.0 Å². The van der Waals surface area contributed by atoms with Crippen molar-refractivity contribution in [3.63, 3.8) is 0 Å². The van der Waals surface area contributed by atoms with Crippen LogP contribution in [0.4, 0.5) is 0 Å². The molecule has 0 spiro atoms. The summed E-state index contributed by atoms with van der Waals surface area (Å²) < 4.78 is 39.3. The van der Waals surface area contributed by atoms with Gasteiger partial charge in [-0.3, -0.25) is 0 Å². The Hall–Kier alpha value is -2.47. The molecule has 9 atom stereocenters. The Labute approximate surface area is 244 Å². The zero-order valence-corrected chi connectivity index (χ0v) is 23.8. The summed E-state index contributed by atoms with van der Waals surface area (Å²) in [5.74, 6) is 0. The summed E-state index contributed by atoms with van der Waals surface area (Å²) in [4.78, 5) is 0. The molecule has 1 unspecified atom stereocenters. The highest BCUT2D eigenvalue weighted by molar-refractivity contribution is 7.79. The van der Waals surface area contributed by atoms with Gasteiger partial charge in [0.25, 0.3) is 0 Å². The summed E-state index contributed by atoms with van der Waals surface area (Å²) >= 11 is 0. The van der Waals surface area contributed by atoms with E-state index in [1.54, 1.807) is 48.5 Å². The topological polar surface area (TPSA) is 155 Å². The van der Waals surface area contributed by atoms with Crippen molar-refractivity contribution < 1.29 is 49.0 Å². The fourth-order valence-electron chi connectivity index (χ4n) is 5.62. The molecule has 226 valence electrons. The van der Waals surface area contributed by atoms with E-state index in [4.69, 9.17) is 18.9 Å². The summed E-state index contributed by atoms with van der Waals surface area (Å²) in [6.07, 6.45) is -11.0. The lowest BCUT2D eigenvalue weighted by Crippen LogP contribution is -2.62. The molecule has 42 heavy (non-hydrogen) atoms. The molecule has 2 heterocycles. The maximum Gasteiger partial charge on any atom is 0.187 e. The van der Waals surface area contributed by atoms with Crippen molar-refractivity contribution in [1.82, 2.24) is 0 Å². The number of hydrogen-bond donors (Lipinski definition) is 5. The van der Waals surface area contributed by atoms with Crippen LogP contribution in [0.25, 0.3) is 0 Å². The van der Waals surface area contributed by atoms with Crippen molar-refractivity contribution >= 4 is 17.8 Å². The minimum Gasteiger partial charge on any atom is -0.394 e. The summed E-state index contributed by atoms with van der Waals surface area (Å²) in [5.41, 5.74) is 0.0415. The van der Waals surface area contributed by atoms with Gasteiger partial charge in [-0.2, -0.15) is 0 Å². The van der Waals surface area contributed by atoms with Crippen molar-refractivity contribution in [2.45, 2.75) is 67.9 Å². The molecule has 3 aromatic carbocycles. The van der Waals surface area contributed by atoms with Crippen molar-refractivity contribution in [2.24, 2.45) is 0 Å². The van der Waals surface area contributed by atoms with Crippen LogP contribution in [0.3, 0.4) is 0 Å². The van der Waals surface area contributed by atoms with E-state index < -0.39 is 68.6 Å². The lowest BCUT2D eigenvalue weighted by atomic mass is 9.98. The molecule has 11 heteroatoms. The van der Waals surface area contributed by atoms with Crippen LogP contribution in [0.2, 0.25) is 0 Å². The Balaban J connectivity index is 1.53. The molecule has 0 aliphatic carbocycles. The van der Waals surface area contributed by atoms with E-state index in [1.165, 1.54) is 0 Å². The number of hydrogen-bond acceptors (Lipinski definition) is 10. The average molecular weight is 601 g/mol. The van der Waals surface area contributed by atoms with Crippen LogP contribution in [0, 0.1) is 0 Å². The maximum absolute atomic E-state index is 15.4. The molecule has 5 N–H and O–H groups in total. The van der Waals surface area contributed by atoms with Crippen molar-refractivity contribution in [2.75, 3.05) is 13.2 Å². The van der Waals surface area contributed by atoms with Gasteiger partial charge in [0.15, 0.2) is 12.6 Å². The molecule has 0 bridgehead atoms. The third kappa shape index (κ3) is 6.54. The van der Waals surface area contributed by atoms with E-state index in [0.717, 1.165) is 5.56 Å². The van der Waals surface area contributed by atoms with Crippen LogP contribution in [0.15, 0.2) is 91.0 Å². The van der Waals surface area contributed by atoms with Crippen LogP contribution in [-0.4, -0.2) is 93.6 Å². The van der Waals surface area contributed by atoms with E-state index in [0.29, 0.717) is 10.6 Å². The first-order valence-corrected chi connectivity index (χ1v) is 15.7. The van der Waals surface area contributed by atoms with Crippen LogP contribution in [-0.2, 0) is 30.1 Å². The Bertz CT molecular complexity index is 1250. The zero-order chi connectivity index (χ0) is 29.7. The van der Waals surface area contributed by atoms with Crippen molar-refractivity contribution in [1.29, 1.82) is 0 Å².